The van der Waals surface area contributed by atoms with E-state index in [1.54, 1.807) is 26.0 Å². The van der Waals surface area contributed by atoms with Gasteiger partial charge in [0.2, 0.25) is 0 Å². The maximum atomic E-state index is 13.6. The van der Waals surface area contributed by atoms with Gasteiger partial charge < -0.3 is 36.0 Å². The summed E-state index contributed by atoms with van der Waals surface area (Å²) < 4.78 is 6.16. The van der Waals surface area contributed by atoms with Crippen LogP contribution in [0.2, 0.25) is 0 Å². The fourth-order valence-electron chi connectivity index (χ4n) is 5.94. The lowest BCUT2D eigenvalue weighted by Gasteiger charge is -2.42. The van der Waals surface area contributed by atoms with Crippen molar-refractivity contribution in [3.63, 3.8) is 0 Å². The molecule has 0 amide bonds. The van der Waals surface area contributed by atoms with E-state index < -0.39 is 90.0 Å². The predicted molar refractivity (Wildman–Crippen MR) is 132 cm³/mol. The monoisotopic (exact) mass is 526 g/mol. The summed E-state index contributed by atoms with van der Waals surface area (Å²) in [6.07, 6.45) is -3.67. The molecule has 0 saturated carbocycles. The summed E-state index contributed by atoms with van der Waals surface area (Å²) in [4.78, 5) is 39.6. The number of ether oxygens (including phenoxy) is 1. The van der Waals surface area contributed by atoms with Crippen molar-refractivity contribution in [1.29, 1.82) is 0 Å². The number of aryl methyl sites for hydroxylation is 1. The predicted octanol–water partition coefficient (Wildman–Crippen LogP) is -0.126. The number of ketones is 3. The molecular formula is C27H30N2O9. The Labute approximate surface area is 217 Å². The van der Waals surface area contributed by atoms with Gasteiger partial charge in [-0.2, -0.15) is 0 Å². The summed E-state index contributed by atoms with van der Waals surface area (Å²) in [5.74, 6) is -3.50. The minimum atomic E-state index is -2.19. The first kappa shape index (κ1) is 26.4. The number of Topliss-reactive ketones (excluding diaryl/α,β-unsaturated/α-hetero) is 1. The summed E-state index contributed by atoms with van der Waals surface area (Å²) in [5, 5.41) is 56.8. The lowest BCUT2D eigenvalue weighted by molar-refractivity contribution is -0.152. The number of phenolic OH excluding ortho intramolecular Hbond substituents is 2. The normalized spacial score (nSPS) is 30.4. The van der Waals surface area contributed by atoms with Crippen LogP contribution in [0.15, 0.2) is 18.2 Å². The number of rotatable bonds is 4. The van der Waals surface area contributed by atoms with Crippen molar-refractivity contribution in [3.8, 4) is 11.5 Å². The van der Waals surface area contributed by atoms with Gasteiger partial charge in [-0.25, -0.2) is 0 Å². The Morgan fingerprint density at radius 2 is 1.84 bits per heavy atom. The highest BCUT2D eigenvalue weighted by atomic mass is 16.5. The van der Waals surface area contributed by atoms with Gasteiger partial charge in [-0.1, -0.05) is 18.2 Å². The standard InChI is InChI=1S/C27H30N2O9/c1-10-4-3-5-12-18(10)25(35)21-20(23(12)33)24(34)13-7-27(37,16(31)9-30)8-15(19(13)26(21)36)38-17-6-14(28)22(32)11(2)29-17/h3-5,11,14-15,17,22,29-30,32,34,36-37H,6-9,28H2,1-2H3/t11?,14?,15-,17?,22?,27-/m0/s1. The van der Waals surface area contributed by atoms with Crippen LogP contribution in [0.1, 0.15) is 74.4 Å². The molecule has 1 fully saturated rings. The number of phenols is 2. The highest BCUT2D eigenvalue weighted by Crippen LogP contribution is 2.52. The van der Waals surface area contributed by atoms with Crippen LogP contribution in [0.5, 0.6) is 11.5 Å². The number of hydrogen-bond donors (Lipinski definition) is 7. The zero-order valence-corrected chi connectivity index (χ0v) is 20.9. The number of aliphatic hydroxyl groups is 3. The fraction of sp³-hybridized carbons (Fsp3) is 0.444. The number of aliphatic hydroxyl groups excluding tert-OH is 2. The third-order valence-electron chi connectivity index (χ3n) is 7.98. The second-order valence-electron chi connectivity index (χ2n) is 10.4. The lowest BCUT2D eigenvalue weighted by Crippen LogP contribution is -2.59. The second-order valence-corrected chi connectivity index (χ2v) is 10.4. The van der Waals surface area contributed by atoms with E-state index in [9.17, 15) is 39.9 Å². The maximum Gasteiger partial charge on any atom is 0.198 e. The number of benzene rings is 2. The van der Waals surface area contributed by atoms with E-state index in [-0.39, 0.29) is 34.2 Å². The molecule has 1 aliphatic heterocycles. The van der Waals surface area contributed by atoms with E-state index in [4.69, 9.17) is 10.5 Å². The van der Waals surface area contributed by atoms with E-state index in [0.29, 0.717) is 5.56 Å². The van der Waals surface area contributed by atoms with Gasteiger partial charge in [-0.3, -0.25) is 19.7 Å². The first-order chi connectivity index (χ1) is 17.9. The molecule has 1 saturated heterocycles. The van der Waals surface area contributed by atoms with Crippen molar-refractivity contribution in [2.24, 2.45) is 5.73 Å². The average Bonchev–Trinajstić information content (AvgIpc) is 2.86. The van der Waals surface area contributed by atoms with Crippen LogP contribution in [0, 0.1) is 6.92 Å². The molecule has 5 rings (SSSR count). The summed E-state index contributed by atoms with van der Waals surface area (Å²) in [7, 11) is 0. The summed E-state index contributed by atoms with van der Waals surface area (Å²) in [5.41, 5.74) is 3.58. The minimum absolute atomic E-state index is 0.0380. The lowest BCUT2D eigenvalue weighted by atomic mass is 9.71. The minimum Gasteiger partial charge on any atom is -0.507 e. The smallest absolute Gasteiger partial charge is 0.198 e. The zero-order valence-electron chi connectivity index (χ0n) is 20.9. The molecule has 1 heterocycles. The summed E-state index contributed by atoms with van der Waals surface area (Å²) in [6.45, 7) is 2.37. The van der Waals surface area contributed by atoms with Crippen LogP contribution in [-0.2, 0) is 16.0 Å². The van der Waals surface area contributed by atoms with Crippen LogP contribution in [0.4, 0.5) is 0 Å². The molecule has 2 aliphatic carbocycles. The maximum absolute atomic E-state index is 13.6. The SMILES string of the molecule is Cc1cccc2c1C(=O)c1c(O)c3c(c(O)c1C2=O)C[C@@](O)(C(=O)CO)C[C@@H]3OC1CC(N)C(O)C(C)N1. The van der Waals surface area contributed by atoms with E-state index in [0.717, 1.165) is 0 Å². The number of hydrogen-bond acceptors (Lipinski definition) is 11. The number of nitrogens with one attached hydrogen (secondary N) is 1. The Morgan fingerprint density at radius 1 is 1.16 bits per heavy atom. The van der Waals surface area contributed by atoms with E-state index >= 15 is 0 Å². The van der Waals surface area contributed by atoms with Gasteiger partial charge in [0.15, 0.2) is 17.3 Å². The molecule has 11 nitrogen and oxygen atoms in total. The third-order valence-corrected chi connectivity index (χ3v) is 7.98. The highest BCUT2D eigenvalue weighted by molar-refractivity contribution is 6.31. The van der Waals surface area contributed by atoms with Gasteiger partial charge in [-0.05, 0) is 19.4 Å². The van der Waals surface area contributed by atoms with Crippen molar-refractivity contribution in [3.05, 3.63) is 57.1 Å². The van der Waals surface area contributed by atoms with Gasteiger partial charge in [0.25, 0.3) is 0 Å². The second kappa shape index (κ2) is 9.23. The largest absolute Gasteiger partial charge is 0.507 e. The number of carbonyl (C=O) groups is 3. The third kappa shape index (κ3) is 3.85. The Morgan fingerprint density at radius 3 is 2.50 bits per heavy atom. The van der Waals surface area contributed by atoms with Gasteiger partial charge in [0, 0.05) is 53.6 Å². The van der Waals surface area contributed by atoms with Crippen molar-refractivity contribution < 1.29 is 44.7 Å². The Kier molecular flexibility index (Phi) is 6.41. The molecule has 0 bridgehead atoms. The number of carbonyl (C=O) groups excluding carboxylic acids is 3. The Balaban J connectivity index is 1.68. The first-order valence-corrected chi connectivity index (χ1v) is 12.4. The fourth-order valence-corrected chi connectivity index (χ4v) is 5.94. The molecule has 2 aromatic rings. The Hall–Kier alpha value is -3.19. The number of fused-ring (bicyclic) bond motifs is 3. The number of piperidine rings is 1. The van der Waals surface area contributed by atoms with E-state index in [1.165, 1.54) is 6.07 Å². The van der Waals surface area contributed by atoms with E-state index in [1.807, 2.05) is 0 Å². The molecule has 4 unspecified atom stereocenters. The van der Waals surface area contributed by atoms with Crippen molar-refractivity contribution in [2.45, 2.75) is 69.2 Å². The van der Waals surface area contributed by atoms with Crippen molar-refractivity contribution in [2.75, 3.05) is 6.61 Å². The van der Waals surface area contributed by atoms with Gasteiger partial charge >= 0.3 is 0 Å². The molecular weight excluding hydrogens is 496 g/mol. The average molecular weight is 527 g/mol. The molecule has 6 atom stereocenters. The molecule has 11 heteroatoms. The molecule has 8 N–H and O–H groups in total. The zero-order chi connectivity index (χ0) is 27.7. The van der Waals surface area contributed by atoms with Crippen molar-refractivity contribution in [1.82, 2.24) is 5.32 Å². The molecule has 202 valence electrons. The number of aromatic hydroxyl groups is 2. The quantitative estimate of drug-likeness (QED) is 0.223. The molecule has 0 aromatic heterocycles. The van der Waals surface area contributed by atoms with Crippen LogP contribution >= 0.6 is 0 Å². The van der Waals surface area contributed by atoms with Gasteiger partial charge in [-0.15, -0.1) is 0 Å². The van der Waals surface area contributed by atoms with Crippen LogP contribution in [-0.4, -0.2) is 79.5 Å². The van der Waals surface area contributed by atoms with Crippen LogP contribution in [0.3, 0.4) is 0 Å². The van der Waals surface area contributed by atoms with Crippen LogP contribution < -0.4 is 11.1 Å². The molecule has 0 spiro atoms. The Bertz CT molecular complexity index is 1360. The highest BCUT2D eigenvalue weighted by Gasteiger charge is 2.49. The number of nitrogens with two attached hydrogens (primary N) is 1. The van der Waals surface area contributed by atoms with Gasteiger partial charge in [0.1, 0.15) is 29.9 Å². The van der Waals surface area contributed by atoms with Crippen LogP contribution in [0.25, 0.3) is 0 Å². The molecule has 0 radical (unpaired) electrons. The van der Waals surface area contributed by atoms with Crippen molar-refractivity contribution >= 4 is 17.3 Å². The molecule has 2 aromatic carbocycles. The molecule has 38 heavy (non-hydrogen) atoms. The van der Waals surface area contributed by atoms with E-state index in [2.05, 4.69) is 5.32 Å². The molecule has 3 aliphatic rings. The summed E-state index contributed by atoms with van der Waals surface area (Å²) >= 11 is 0. The van der Waals surface area contributed by atoms with Gasteiger partial charge in [0.05, 0.1) is 23.3 Å². The summed E-state index contributed by atoms with van der Waals surface area (Å²) in [6, 6.07) is 3.59. The first-order valence-electron chi connectivity index (χ1n) is 12.4. The topological polar surface area (TPSA) is 200 Å².